The molecule has 0 spiro atoms. The molecular formula is C25H20F26O6. The molecule has 0 N–H and O–H groups in total. The Hall–Kier alpha value is -2.96. The molecule has 0 saturated carbocycles. The van der Waals surface area contributed by atoms with Crippen molar-refractivity contribution in [3.63, 3.8) is 0 Å². The molecule has 32 heteroatoms. The van der Waals surface area contributed by atoms with Gasteiger partial charge in [-0.15, -0.1) is 0 Å². The molecule has 0 aromatic rings. The molecule has 0 aliphatic carbocycles. The lowest BCUT2D eigenvalue weighted by molar-refractivity contribution is -0.441. The van der Waals surface area contributed by atoms with Crippen LogP contribution in [0.2, 0.25) is 0 Å². The largest absolute Gasteiger partial charge is 0.464 e. The number of carbonyl (C=O) groups excluding carboxylic acids is 2. The molecule has 1 aliphatic heterocycles. The molecule has 1 heterocycles. The van der Waals surface area contributed by atoms with E-state index >= 15 is 0 Å². The quantitative estimate of drug-likeness (QED) is 0.101. The third-order valence-corrected chi connectivity index (χ3v) is 7.63. The van der Waals surface area contributed by atoms with Gasteiger partial charge in [-0.1, -0.05) is 0 Å². The molecule has 0 aromatic heterocycles. The van der Waals surface area contributed by atoms with E-state index in [4.69, 9.17) is 0 Å². The highest BCUT2D eigenvalue weighted by atomic mass is 19.4. The van der Waals surface area contributed by atoms with Gasteiger partial charge in [-0.2, -0.15) is 114 Å². The number of halogens is 26. The van der Waals surface area contributed by atoms with Gasteiger partial charge < -0.3 is 18.9 Å². The molecule has 1 fully saturated rings. The van der Waals surface area contributed by atoms with Crippen molar-refractivity contribution < 1.29 is 143 Å². The highest BCUT2D eigenvalue weighted by Crippen LogP contribution is 2.63. The molecule has 0 amide bonds. The van der Waals surface area contributed by atoms with Crippen LogP contribution in [0.1, 0.15) is 39.5 Å². The predicted molar refractivity (Wildman–Crippen MR) is 126 cm³/mol. The number of hydrogen-bond donors (Lipinski definition) is 0. The summed E-state index contributed by atoms with van der Waals surface area (Å²) in [6, 6.07) is 0. The number of ether oxygens (including phenoxy) is 4. The van der Waals surface area contributed by atoms with E-state index in [0.29, 0.717) is 0 Å². The lowest BCUT2D eigenvalue weighted by Crippen LogP contribution is -2.70. The van der Waals surface area contributed by atoms with E-state index in [1.54, 1.807) is 0 Å². The average molecular weight is 910 g/mol. The van der Waals surface area contributed by atoms with Gasteiger partial charge in [0.15, 0.2) is 18.0 Å². The summed E-state index contributed by atoms with van der Waals surface area (Å²) in [5.74, 6) is -89.9. The lowest BCUT2D eigenvalue weighted by atomic mass is 9.88. The Balaban J connectivity index is 3.91. The van der Waals surface area contributed by atoms with E-state index in [9.17, 15) is 124 Å². The zero-order chi connectivity index (χ0) is 45.9. The third kappa shape index (κ3) is 8.30. The minimum atomic E-state index is -8.52. The normalized spacial score (nSPS) is 20.1. The van der Waals surface area contributed by atoms with Crippen molar-refractivity contribution in [2.75, 3.05) is 13.2 Å². The Labute approximate surface area is 298 Å². The first-order valence-electron chi connectivity index (χ1n) is 14.4. The molecule has 6 nitrogen and oxygen atoms in total. The first kappa shape index (κ1) is 52.1. The van der Waals surface area contributed by atoms with Crippen LogP contribution in [0.4, 0.5) is 114 Å². The van der Waals surface area contributed by atoms with Gasteiger partial charge in [0.1, 0.15) is 0 Å². The predicted octanol–water partition coefficient (Wildman–Crippen LogP) is 9.63. The van der Waals surface area contributed by atoms with Crippen LogP contribution >= 0.6 is 0 Å². The molecule has 1 saturated heterocycles. The van der Waals surface area contributed by atoms with Gasteiger partial charge >= 0.3 is 83.5 Å². The van der Waals surface area contributed by atoms with Gasteiger partial charge in [-0.05, 0) is 13.8 Å². The Morgan fingerprint density at radius 3 is 0.860 bits per heavy atom. The fraction of sp³-hybridized carbons (Fsp3) is 0.920. The monoisotopic (exact) mass is 910 g/mol. The molecule has 2 atom stereocenters. The Kier molecular flexibility index (Phi) is 13.9. The Morgan fingerprint density at radius 2 is 0.649 bits per heavy atom. The molecule has 0 aromatic carbocycles. The zero-order valence-electron chi connectivity index (χ0n) is 27.2. The van der Waals surface area contributed by atoms with Crippen molar-refractivity contribution in [2.24, 2.45) is 0 Å². The van der Waals surface area contributed by atoms with Gasteiger partial charge in [0.05, 0.1) is 13.2 Å². The maximum absolute atomic E-state index is 14.7. The van der Waals surface area contributed by atoms with Gasteiger partial charge in [0, 0.05) is 25.7 Å². The summed E-state index contributed by atoms with van der Waals surface area (Å²) in [6.07, 6.45) is -34.9. The lowest BCUT2D eigenvalue weighted by Gasteiger charge is -2.41. The number of alkyl halides is 26. The molecule has 0 unspecified atom stereocenters. The van der Waals surface area contributed by atoms with Crippen LogP contribution in [0, 0.1) is 0 Å². The molecular weight excluding hydrogens is 890 g/mol. The molecule has 1 rings (SSSR count). The van der Waals surface area contributed by atoms with Crippen LogP contribution in [-0.4, -0.2) is 115 Å². The summed E-state index contributed by atoms with van der Waals surface area (Å²) >= 11 is 0. The van der Waals surface area contributed by atoms with E-state index in [1.807, 2.05) is 0 Å². The van der Waals surface area contributed by atoms with Crippen molar-refractivity contribution in [2.45, 2.75) is 129 Å². The van der Waals surface area contributed by atoms with Crippen molar-refractivity contribution in [3.05, 3.63) is 0 Å². The van der Waals surface area contributed by atoms with Crippen LogP contribution in [0.25, 0.3) is 0 Å². The van der Waals surface area contributed by atoms with Crippen LogP contribution in [0.3, 0.4) is 0 Å². The Morgan fingerprint density at radius 1 is 0.421 bits per heavy atom. The summed E-state index contributed by atoms with van der Waals surface area (Å²) in [4.78, 5) is 24.7. The number of hydrogen-bond acceptors (Lipinski definition) is 6. The second kappa shape index (κ2) is 15.3. The number of carbonyl (C=O) groups is 2. The standard InChI is InChI=1S/C25H20F26O6/c1-3-54-11(52)9-10(12(53)55-4-2)57-13(56-9,5-7-14(26,27)16(30,31)18(34,35)20(38,39)22(42,43)24(46,47)48)6-8-15(28,29)17(32,33)19(36,37)21(40,41)23(44,45)25(49,50)51/h9-10H,3-8H2,1-2H3/t9-,10-/m1/s1. The minimum absolute atomic E-state index is 0.854. The summed E-state index contributed by atoms with van der Waals surface area (Å²) in [7, 11) is 0. The van der Waals surface area contributed by atoms with Gasteiger partial charge in [-0.3, -0.25) is 0 Å². The van der Waals surface area contributed by atoms with Crippen molar-refractivity contribution in [1.29, 1.82) is 0 Å². The summed E-state index contributed by atoms with van der Waals surface area (Å²) in [5.41, 5.74) is 0. The number of esters is 2. The summed E-state index contributed by atoms with van der Waals surface area (Å²) < 4.78 is 371. The van der Waals surface area contributed by atoms with Crippen molar-refractivity contribution in [3.8, 4) is 0 Å². The zero-order valence-corrected chi connectivity index (χ0v) is 27.2. The SMILES string of the molecule is CCOC(=O)[C@@H]1OC(CCC(F)(F)C(F)(F)C(F)(F)C(F)(F)C(F)(F)C(F)(F)F)(CCC(F)(F)C(F)(F)C(F)(F)C(F)(F)C(F)(F)C(F)(F)F)O[C@H]1C(=O)OCC. The van der Waals surface area contributed by atoms with Gasteiger partial charge in [0.25, 0.3) is 0 Å². The molecule has 338 valence electrons. The van der Waals surface area contributed by atoms with Gasteiger partial charge in [-0.25, -0.2) is 9.59 Å². The number of rotatable bonds is 18. The maximum Gasteiger partial charge on any atom is 0.460 e. The van der Waals surface area contributed by atoms with E-state index in [-0.39, 0.29) is 0 Å². The van der Waals surface area contributed by atoms with Crippen LogP contribution in [0.5, 0.6) is 0 Å². The van der Waals surface area contributed by atoms with Crippen LogP contribution in [-0.2, 0) is 28.5 Å². The fourth-order valence-electron chi connectivity index (χ4n) is 4.38. The Bertz CT molecular complexity index is 1330. The summed E-state index contributed by atoms with van der Waals surface area (Å²) in [5, 5.41) is 0. The first-order chi connectivity index (χ1) is 24.8. The van der Waals surface area contributed by atoms with Crippen molar-refractivity contribution in [1.82, 2.24) is 0 Å². The molecule has 1 aliphatic rings. The molecule has 0 radical (unpaired) electrons. The average Bonchev–Trinajstić information content (AvgIpc) is 3.42. The second-order valence-corrected chi connectivity index (χ2v) is 11.5. The minimum Gasteiger partial charge on any atom is -0.464 e. The third-order valence-electron chi connectivity index (χ3n) is 7.63. The van der Waals surface area contributed by atoms with E-state index in [0.717, 1.165) is 13.8 Å². The van der Waals surface area contributed by atoms with Gasteiger partial charge in [0.2, 0.25) is 0 Å². The fourth-order valence-corrected chi connectivity index (χ4v) is 4.38. The van der Waals surface area contributed by atoms with Crippen LogP contribution in [0.15, 0.2) is 0 Å². The van der Waals surface area contributed by atoms with Crippen molar-refractivity contribution >= 4 is 11.9 Å². The first-order valence-corrected chi connectivity index (χ1v) is 14.4. The highest BCUT2D eigenvalue weighted by molar-refractivity contribution is 5.86. The summed E-state index contributed by atoms with van der Waals surface area (Å²) in [6.45, 7) is 0.0747. The molecule has 0 bridgehead atoms. The van der Waals surface area contributed by atoms with E-state index in [2.05, 4.69) is 18.9 Å². The maximum atomic E-state index is 14.7. The van der Waals surface area contributed by atoms with E-state index < -0.39 is 140 Å². The topological polar surface area (TPSA) is 71.1 Å². The smallest absolute Gasteiger partial charge is 0.460 e. The van der Waals surface area contributed by atoms with Crippen LogP contribution < -0.4 is 0 Å². The highest BCUT2D eigenvalue weighted by Gasteiger charge is 2.92. The van der Waals surface area contributed by atoms with E-state index in [1.165, 1.54) is 0 Å². The second-order valence-electron chi connectivity index (χ2n) is 11.5. The molecule has 57 heavy (non-hydrogen) atoms.